The van der Waals surface area contributed by atoms with Gasteiger partial charge in [0.05, 0.1) is 33.1 Å². The smallest absolute Gasteiger partial charge is 0.537 e. The molecule has 0 aliphatic heterocycles. The van der Waals surface area contributed by atoms with Crippen LogP contribution < -0.4 is 14.5 Å². The molecule has 1 radical (unpaired) electrons. The van der Waals surface area contributed by atoms with Crippen LogP contribution in [0.5, 0.6) is 5.75 Å². The number of halogens is 1. The fourth-order valence-corrected chi connectivity index (χ4v) is 23.0. The molecule has 0 saturated heterocycles. The number of hydrogen-bond acceptors (Lipinski definition) is 4. The number of aromatic nitrogens is 4. The second-order valence-corrected chi connectivity index (χ2v) is 39.0. The van der Waals surface area contributed by atoms with Crippen molar-refractivity contribution in [1.82, 2.24) is 18.3 Å². The zero-order valence-electron chi connectivity index (χ0n) is 75.9. The van der Waals surface area contributed by atoms with Crippen molar-refractivity contribution in [2.45, 2.75) is 77.0 Å². The highest BCUT2D eigenvalue weighted by atomic mass is 79.9. The Kier molecular flexibility index (Phi) is 19.3. The normalized spacial score (nSPS) is 13.8. The Hall–Kier alpha value is -15.5. The second-order valence-electron chi connectivity index (χ2n) is 38.1. The summed E-state index contributed by atoms with van der Waals surface area (Å²) in [4.78, 5) is 4.79. The largest absolute Gasteiger partial charge is 0.569 e. The molecule has 0 saturated carbocycles. The van der Waals surface area contributed by atoms with Gasteiger partial charge in [-0.3, -0.25) is 0 Å². The molecule has 4 aliphatic rings. The summed E-state index contributed by atoms with van der Waals surface area (Å²) in [5, 5.41) is 16.6. The Balaban J connectivity index is 0.000000121. The molecule has 0 unspecified atom stereocenters. The monoisotopic (exact) mass is 1790 g/mol. The van der Waals surface area contributed by atoms with Gasteiger partial charge in [-0.25, -0.2) is 0 Å². The summed E-state index contributed by atoms with van der Waals surface area (Å²) in [6.07, 6.45) is 4.37. The Morgan fingerprint density at radius 1 is 0.254 bits per heavy atom. The maximum Gasteiger partial charge on any atom is 0.569 e. The highest BCUT2D eigenvalue weighted by molar-refractivity contribution is 9.10. The summed E-state index contributed by atoms with van der Waals surface area (Å²) in [5.74, 6) is 0.585. The molecule has 0 spiro atoms. The number of rotatable bonds is 13. The molecule has 4 heterocycles. The van der Waals surface area contributed by atoms with Gasteiger partial charge in [-0.15, -0.1) is 0 Å². The van der Waals surface area contributed by atoms with Crippen molar-refractivity contribution < 1.29 is 9.68 Å². The van der Waals surface area contributed by atoms with Gasteiger partial charge in [0.15, 0.2) is 0 Å². The lowest BCUT2D eigenvalue weighted by atomic mass is 9.82. The average Bonchev–Trinajstić information content (AvgIpc) is 1.55. The van der Waals surface area contributed by atoms with Gasteiger partial charge in [0.1, 0.15) is 5.75 Å². The SMILES string of the molecule is Brc1ccc2c(c1)c1ccc3ccn(-c4ccccc4)c3c1n2-c1ccccc1.CC1(C)c2ccccc2-c2ccc(N(c3ccc(-c4ccc5c(c4)c4ccc6ccn(-c7ccccc7)c6c4n5-c4ccccc4)cc3)c3ccc4c(c3)C(C)(C)c3ccccc3-4)cc21.CC1(C)c2ccccc2-c2ccc(N(c3ccc(O[B]O)cc3)c3ccc4c(c3)C(C)(C)c3ccccc3-4)cc21. The van der Waals surface area contributed by atoms with Gasteiger partial charge in [-0.2, -0.15) is 0 Å². The van der Waals surface area contributed by atoms with Crippen molar-refractivity contribution >= 4 is 123 Å². The van der Waals surface area contributed by atoms with Crippen LogP contribution in [-0.2, 0) is 21.7 Å². The first-order chi connectivity index (χ1) is 65.4. The molecule has 1 N–H and O–H groups in total. The quantitative estimate of drug-likeness (QED) is 0.117. The van der Waals surface area contributed by atoms with Gasteiger partial charge in [-0.05, 0) is 276 Å². The molecule has 134 heavy (non-hydrogen) atoms. The van der Waals surface area contributed by atoms with Crippen LogP contribution in [0.1, 0.15) is 99.9 Å². The average molecular weight is 1790 g/mol. The zero-order valence-corrected chi connectivity index (χ0v) is 77.5. The molecule has 22 aromatic rings. The van der Waals surface area contributed by atoms with Gasteiger partial charge in [0.2, 0.25) is 0 Å². The van der Waals surface area contributed by atoms with Crippen molar-refractivity contribution in [3.05, 3.63) is 474 Å². The van der Waals surface area contributed by atoms with Gasteiger partial charge in [-0.1, -0.05) is 308 Å². The first-order valence-corrected chi connectivity index (χ1v) is 47.1. The van der Waals surface area contributed by atoms with Crippen LogP contribution in [0.2, 0.25) is 0 Å². The molecule has 0 amide bonds. The minimum atomic E-state index is -0.113. The van der Waals surface area contributed by atoms with E-state index in [2.05, 4.69) is 500 Å². The third-order valence-corrected chi connectivity index (χ3v) is 29.8. The van der Waals surface area contributed by atoms with Gasteiger partial charge in [0, 0.05) is 128 Å². The molecule has 10 heteroatoms. The fraction of sp³-hybridized carbons (Fsp3) is 0.0968. The maximum atomic E-state index is 9.12. The number of benzene rings is 18. The van der Waals surface area contributed by atoms with E-state index < -0.39 is 0 Å². The molecule has 8 nitrogen and oxygen atoms in total. The van der Waals surface area contributed by atoms with E-state index in [9.17, 15) is 0 Å². The molecule has 0 fully saturated rings. The number of para-hydroxylation sites is 4. The second kappa shape index (κ2) is 31.7. The molecular formula is C124H95BBrN6O2. The fourth-order valence-electron chi connectivity index (χ4n) is 22.7. The molecule has 26 rings (SSSR count). The predicted molar refractivity (Wildman–Crippen MR) is 563 cm³/mol. The molecular weight excluding hydrogens is 1700 g/mol. The summed E-state index contributed by atoms with van der Waals surface area (Å²) >= 11 is 3.66. The van der Waals surface area contributed by atoms with Crippen molar-refractivity contribution in [1.29, 1.82) is 0 Å². The van der Waals surface area contributed by atoms with E-state index >= 15 is 0 Å². The Bertz CT molecular complexity index is 8240. The lowest BCUT2D eigenvalue weighted by Gasteiger charge is -2.30. The van der Waals surface area contributed by atoms with E-state index in [1.54, 1.807) is 0 Å². The molecule has 4 aromatic heterocycles. The Morgan fingerprint density at radius 3 is 0.925 bits per heavy atom. The maximum absolute atomic E-state index is 9.12. The van der Waals surface area contributed by atoms with Crippen molar-refractivity contribution in [3.63, 3.8) is 0 Å². The molecule has 4 aliphatic carbocycles. The summed E-state index contributed by atoms with van der Waals surface area (Å²) in [6, 6.07) is 150. The zero-order chi connectivity index (χ0) is 90.6. The van der Waals surface area contributed by atoms with Crippen molar-refractivity contribution in [3.8, 4) is 84.1 Å². The third kappa shape index (κ3) is 13.0. The van der Waals surface area contributed by atoms with Crippen LogP contribution in [0.15, 0.2) is 429 Å². The van der Waals surface area contributed by atoms with E-state index in [0.717, 1.165) is 50.0 Å². The minimum Gasteiger partial charge on any atom is -0.537 e. The Labute approximate surface area is 790 Å². The van der Waals surface area contributed by atoms with Gasteiger partial charge in [0.25, 0.3) is 0 Å². The van der Waals surface area contributed by atoms with Crippen molar-refractivity contribution in [2.75, 3.05) is 9.80 Å². The number of fused-ring (bicyclic) bond motifs is 22. The molecule has 0 atom stereocenters. The summed E-state index contributed by atoms with van der Waals surface area (Å²) in [6.45, 7) is 18.7. The highest BCUT2D eigenvalue weighted by Gasteiger charge is 2.41. The highest BCUT2D eigenvalue weighted by Crippen LogP contribution is 2.57. The van der Waals surface area contributed by atoms with Gasteiger partial charge >= 0.3 is 7.69 Å². The predicted octanol–water partition coefficient (Wildman–Crippen LogP) is 32.6. The topological polar surface area (TPSA) is 55.7 Å². The lowest BCUT2D eigenvalue weighted by molar-refractivity contribution is 0.454. The summed E-state index contributed by atoms with van der Waals surface area (Å²) < 4.78 is 15.8. The van der Waals surface area contributed by atoms with E-state index in [4.69, 9.17) is 9.68 Å². The van der Waals surface area contributed by atoms with Crippen LogP contribution in [-0.4, -0.2) is 31.0 Å². The van der Waals surface area contributed by atoms with E-state index in [1.165, 1.54) is 177 Å². The Morgan fingerprint density at radius 2 is 0.560 bits per heavy atom. The van der Waals surface area contributed by atoms with Crippen LogP contribution in [0.4, 0.5) is 34.1 Å². The standard InChI is InChI=1S/C62H47N3.C36H31BNO2.C26H17BrN2/c1-61(2)54-21-13-11-19-48(54)50-32-29-46(38-56(50)61)64(47-30-33-51-49-20-12-14-22-55(49)62(3,4)57(51)39-47)45-27-23-40(24-28-45)42-26-34-58-53(37-42)52-31-25-41-35-36-63(43-15-7-5-8-16-43)59(41)60(52)65(58)44-17-9-6-10-18-44;1-35(2)31-11-7-5-9-27(31)29-19-15-24(21-33(29)35)38(23-13-17-26(18-14-23)40-37-39)25-16-20-30-28-10-6-8-12-32(28)36(3,4)34(30)22-25;27-19-12-14-24-23(17-19)22-13-11-18-15-16-28(20-7-3-1-4-8-20)25(18)26(22)29(24)21-9-5-2-6-10-21/h5-39H,1-4H3;5-22,39H,1-4H3;1-17H. The van der Waals surface area contributed by atoms with E-state index in [1.807, 2.05) is 24.3 Å². The first kappa shape index (κ1) is 81.8. The first-order valence-electron chi connectivity index (χ1n) is 46.3. The van der Waals surface area contributed by atoms with Crippen LogP contribution in [0.3, 0.4) is 0 Å². The van der Waals surface area contributed by atoms with Crippen LogP contribution >= 0.6 is 15.9 Å². The number of anilines is 6. The van der Waals surface area contributed by atoms with Gasteiger partial charge < -0.3 is 37.7 Å². The third-order valence-electron chi connectivity index (χ3n) is 29.3. The molecule has 18 aromatic carbocycles. The van der Waals surface area contributed by atoms with Crippen molar-refractivity contribution in [2.24, 2.45) is 0 Å². The number of hydrogen-bond donors (Lipinski definition) is 1. The van der Waals surface area contributed by atoms with E-state index in [-0.39, 0.29) is 21.7 Å². The number of nitrogens with zero attached hydrogens (tertiary/aromatic N) is 6. The van der Waals surface area contributed by atoms with Crippen LogP contribution in [0.25, 0.3) is 144 Å². The summed E-state index contributed by atoms with van der Waals surface area (Å²) in [7, 11) is 0.716. The molecule has 0 bridgehead atoms. The summed E-state index contributed by atoms with van der Waals surface area (Å²) in [5.41, 5.74) is 42.0. The molecule has 643 valence electrons. The lowest BCUT2D eigenvalue weighted by Crippen LogP contribution is -2.18. The minimum absolute atomic E-state index is 0.0934. The van der Waals surface area contributed by atoms with E-state index in [0.29, 0.717) is 13.4 Å². The van der Waals surface area contributed by atoms with Crippen LogP contribution in [0, 0.1) is 0 Å².